The van der Waals surface area contributed by atoms with Crippen LogP contribution in [0.2, 0.25) is 5.02 Å². The van der Waals surface area contributed by atoms with Crippen LogP contribution in [0.1, 0.15) is 18.5 Å². The molecule has 4 heteroatoms. The fourth-order valence-corrected chi connectivity index (χ4v) is 1.57. The Kier molecular flexibility index (Phi) is 4.75. The topological polar surface area (TPSA) is 38.0 Å². The fraction of sp³-hybridized carbons (Fsp3) is 0.333. The lowest BCUT2D eigenvalue weighted by Gasteiger charge is -2.19. The van der Waals surface area contributed by atoms with Gasteiger partial charge in [-0.15, -0.1) is 6.42 Å². The molecular formula is C12H14ClFN2. The number of benzene rings is 1. The zero-order chi connectivity index (χ0) is 12.1. The molecule has 0 aliphatic rings. The van der Waals surface area contributed by atoms with Crippen LogP contribution in [-0.2, 0) is 0 Å². The molecule has 2 atom stereocenters. The molecule has 0 saturated heterocycles. The van der Waals surface area contributed by atoms with Crippen LogP contribution in [0.25, 0.3) is 0 Å². The second kappa shape index (κ2) is 5.86. The second-order valence-electron chi connectivity index (χ2n) is 3.52. The molecular weight excluding hydrogens is 227 g/mol. The lowest BCUT2D eigenvalue weighted by atomic mass is 10.1. The third kappa shape index (κ3) is 3.21. The minimum atomic E-state index is -0.439. The van der Waals surface area contributed by atoms with Gasteiger partial charge >= 0.3 is 0 Å². The van der Waals surface area contributed by atoms with Gasteiger partial charge in [0.1, 0.15) is 5.82 Å². The highest BCUT2D eigenvalue weighted by Crippen LogP contribution is 2.20. The van der Waals surface area contributed by atoms with E-state index in [1.807, 2.05) is 6.92 Å². The van der Waals surface area contributed by atoms with Crippen molar-refractivity contribution in [2.75, 3.05) is 6.54 Å². The average Bonchev–Trinajstić information content (AvgIpc) is 2.29. The SMILES string of the molecule is C#CC(C)NC(CN)c1ccc(F)c(Cl)c1. The third-order valence-corrected chi connectivity index (χ3v) is 2.57. The summed E-state index contributed by atoms with van der Waals surface area (Å²) in [5.41, 5.74) is 6.46. The zero-order valence-electron chi connectivity index (χ0n) is 9.00. The lowest BCUT2D eigenvalue weighted by molar-refractivity contribution is 0.517. The monoisotopic (exact) mass is 240 g/mol. The molecule has 1 rings (SSSR count). The zero-order valence-corrected chi connectivity index (χ0v) is 9.76. The van der Waals surface area contributed by atoms with E-state index in [0.717, 1.165) is 5.56 Å². The summed E-state index contributed by atoms with van der Waals surface area (Å²) >= 11 is 5.70. The van der Waals surface area contributed by atoms with Crippen LogP contribution in [0.15, 0.2) is 18.2 Å². The molecule has 0 heterocycles. The number of terminal acetylenes is 1. The molecule has 0 spiro atoms. The van der Waals surface area contributed by atoms with Crippen molar-refractivity contribution in [3.63, 3.8) is 0 Å². The quantitative estimate of drug-likeness (QED) is 0.791. The van der Waals surface area contributed by atoms with E-state index in [1.54, 1.807) is 12.1 Å². The van der Waals surface area contributed by atoms with Gasteiger partial charge in [-0.3, -0.25) is 5.32 Å². The van der Waals surface area contributed by atoms with Crippen molar-refractivity contribution < 1.29 is 4.39 Å². The molecule has 1 aromatic rings. The summed E-state index contributed by atoms with van der Waals surface area (Å²) in [7, 11) is 0. The molecule has 0 aromatic heterocycles. The second-order valence-corrected chi connectivity index (χ2v) is 3.92. The highest BCUT2D eigenvalue weighted by Gasteiger charge is 2.12. The third-order valence-electron chi connectivity index (χ3n) is 2.28. The summed E-state index contributed by atoms with van der Waals surface area (Å²) in [6.07, 6.45) is 5.27. The summed E-state index contributed by atoms with van der Waals surface area (Å²) in [5.74, 6) is 2.11. The molecule has 0 bridgehead atoms. The van der Waals surface area contributed by atoms with Gasteiger partial charge in [0.25, 0.3) is 0 Å². The summed E-state index contributed by atoms with van der Waals surface area (Å²) in [6, 6.07) is 4.31. The maximum atomic E-state index is 13.0. The van der Waals surface area contributed by atoms with E-state index < -0.39 is 5.82 Å². The smallest absolute Gasteiger partial charge is 0.141 e. The van der Waals surface area contributed by atoms with Crippen LogP contribution in [0.5, 0.6) is 0 Å². The van der Waals surface area contributed by atoms with Crippen LogP contribution in [-0.4, -0.2) is 12.6 Å². The van der Waals surface area contributed by atoms with Crippen molar-refractivity contribution in [2.45, 2.75) is 19.0 Å². The lowest BCUT2D eigenvalue weighted by Crippen LogP contribution is -2.34. The minimum absolute atomic E-state index is 0.0890. The summed E-state index contributed by atoms with van der Waals surface area (Å²) in [6.45, 7) is 2.22. The van der Waals surface area contributed by atoms with Gasteiger partial charge in [0.15, 0.2) is 0 Å². The molecule has 86 valence electrons. The first-order valence-corrected chi connectivity index (χ1v) is 5.33. The van der Waals surface area contributed by atoms with Crippen LogP contribution in [0.4, 0.5) is 4.39 Å². The molecule has 0 radical (unpaired) electrons. The Labute approximate surface area is 100.0 Å². The highest BCUT2D eigenvalue weighted by atomic mass is 35.5. The molecule has 2 nitrogen and oxygen atoms in total. The number of nitrogens with two attached hydrogens (primary N) is 1. The number of rotatable bonds is 4. The molecule has 0 aliphatic carbocycles. The molecule has 0 aliphatic heterocycles. The average molecular weight is 241 g/mol. The van der Waals surface area contributed by atoms with E-state index in [4.69, 9.17) is 23.8 Å². The predicted octanol–water partition coefficient (Wildman–Crippen LogP) is 2.09. The van der Waals surface area contributed by atoms with E-state index in [1.165, 1.54) is 6.07 Å². The maximum Gasteiger partial charge on any atom is 0.141 e. The number of hydrogen-bond donors (Lipinski definition) is 2. The number of halogens is 2. The maximum absolute atomic E-state index is 13.0. The van der Waals surface area contributed by atoms with E-state index >= 15 is 0 Å². The van der Waals surface area contributed by atoms with Crippen molar-refractivity contribution >= 4 is 11.6 Å². The van der Waals surface area contributed by atoms with Crippen molar-refractivity contribution in [2.24, 2.45) is 5.73 Å². The van der Waals surface area contributed by atoms with Crippen LogP contribution >= 0.6 is 11.6 Å². The van der Waals surface area contributed by atoms with E-state index in [9.17, 15) is 4.39 Å². The minimum Gasteiger partial charge on any atom is -0.329 e. The van der Waals surface area contributed by atoms with Crippen molar-refractivity contribution in [1.29, 1.82) is 0 Å². The molecule has 16 heavy (non-hydrogen) atoms. The van der Waals surface area contributed by atoms with Crippen molar-refractivity contribution in [3.05, 3.63) is 34.6 Å². The standard InChI is InChI=1S/C12H14ClFN2/c1-3-8(2)16-12(7-15)9-4-5-11(14)10(13)6-9/h1,4-6,8,12,16H,7,15H2,2H3. The molecule has 1 aromatic carbocycles. The Bertz CT molecular complexity index is 400. The Balaban J connectivity index is 2.87. The van der Waals surface area contributed by atoms with Crippen LogP contribution < -0.4 is 11.1 Å². The van der Waals surface area contributed by atoms with Gasteiger partial charge in [0, 0.05) is 12.6 Å². The molecule has 2 unspecified atom stereocenters. The van der Waals surface area contributed by atoms with Crippen molar-refractivity contribution in [1.82, 2.24) is 5.32 Å². The Morgan fingerprint density at radius 1 is 1.62 bits per heavy atom. The summed E-state index contributed by atoms with van der Waals surface area (Å²) in [4.78, 5) is 0. The van der Waals surface area contributed by atoms with E-state index in [2.05, 4.69) is 11.2 Å². The highest BCUT2D eigenvalue weighted by molar-refractivity contribution is 6.30. The first-order chi connectivity index (χ1) is 7.58. The molecule has 3 N–H and O–H groups in total. The number of nitrogens with one attached hydrogen (secondary N) is 1. The van der Waals surface area contributed by atoms with Gasteiger partial charge in [0.05, 0.1) is 11.1 Å². The summed E-state index contributed by atoms with van der Waals surface area (Å²) in [5, 5.41) is 3.23. The van der Waals surface area contributed by atoms with Gasteiger partial charge in [-0.05, 0) is 24.6 Å². The Morgan fingerprint density at radius 2 is 2.31 bits per heavy atom. The van der Waals surface area contributed by atoms with E-state index in [0.29, 0.717) is 6.54 Å². The normalized spacial score (nSPS) is 14.2. The van der Waals surface area contributed by atoms with Crippen LogP contribution in [0, 0.1) is 18.2 Å². The molecule has 0 saturated carbocycles. The number of hydrogen-bond acceptors (Lipinski definition) is 2. The Hall–Kier alpha value is -1.08. The van der Waals surface area contributed by atoms with E-state index in [-0.39, 0.29) is 17.1 Å². The van der Waals surface area contributed by atoms with Crippen molar-refractivity contribution in [3.8, 4) is 12.3 Å². The van der Waals surface area contributed by atoms with Gasteiger partial charge in [0.2, 0.25) is 0 Å². The first kappa shape index (κ1) is 13.0. The Morgan fingerprint density at radius 3 is 2.81 bits per heavy atom. The van der Waals surface area contributed by atoms with Gasteiger partial charge in [-0.2, -0.15) is 0 Å². The fourth-order valence-electron chi connectivity index (χ4n) is 1.38. The predicted molar refractivity (Wildman–Crippen MR) is 64.6 cm³/mol. The van der Waals surface area contributed by atoms with Crippen LogP contribution in [0.3, 0.4) is 0 Å². The van der Waals surface area contributed by atoms with Gasteiger partial charge in [-0.25, -0.2) is 4.39 Å². The molecule has 0 fully saturated rings. The largest absolute Gasteiger partial charge is 0.329 e. The first-order valence-electron chi connectivity index (χ1n) is 4.95. The van der Waals surface area contributed by atoms with Gasteiger partial charge < -0.3 is 5.73 Å². The summed E-state index contributed by atoms with van der Waals surface area (Å²) < 4.78 is 13.0. The molecule has 0 amide bonds. The van der Waals surface area contributed by atoms with Gasteiger partial charge in [-0.1, -0.05) is 23.6 Å².